The standard InChI is InChI=1S/C53H57NO9/c1-2-3-4-5-6-7-8-9-10-11-12-13-14-15-16-17-38-59-45-34-36-49(37-35-45)63-53(58)44-26-32-48(33-27-44)62-52(57)43-24-30-47(31-25-43)61-51(56)42-22-28-46(29-23-42)60-50(55)41-20-18-40(39-54)19-21-41/h18-37H,2-17,38H2,1H3. The van der Waals surface area contributed by atoms with Crippen LogP contribution in [0.3, 0.4) is 0 Å². The number of benzene rings is 5. The highest BCUT2D eigenvalue weighted by Crippen LogP contribution is 2.23. The number of carbonyl (C=O) groups excluding carboxylic acids is 4. The van der Waals surface area contributed by atoms with Crippen LogP contribution in [0, 0.1) is 11.3 Å². The molecule has 0 fully saturated rings. The maximum Gasteiger partial charge on any atom is 0.343 e. The number of hydrogen-bond donors (Lipinski definition) is 0. The molecule has 0 saturated heterocycles. The second-order valence-electron chi connectivity index (χ2n) is 15.4. The van der Waals surface area contributed by atoms with Gasteiger partial charge in [-0.25, -0.2) is 19.2 Å². The summed E-state index contributed by atoms with van der Waals surface area (Å²) >= 11 is 0. The molecular formula is C53H57NO9. The zero-order chi connectivity index (χ0) is 44.5. The van der Waals surface area contributed by atoms with Crippen LogP contribution < -0.4 is 23.7 Å². The number of rotatable bonds is 26. The van der Waals surface area contributed by atoms with Gasteiger partial charge < -0.3 is 23.7 Å². The summed E-state index contributed by atoms with van der Waals surface area (Å²) in [7, 11) is 0. The summed E-state index contributed by atoms with van der Waals surface area (Å²) in [5, 5.41) is 8.92. The molecule has 0 amide bonds. The maximum absolute atomic E-state index is 12.8. The van der Waals surface area contributed by atoms with Gasteiger partial charge in [0.1, 0.15) is 28.7 Å². The topological polar surface area (TPSA) is 138 Å². The summed E-state index contributed by atoms with van der Waals surface area (Å²) in [6, 6.07) is 32.7. The molecule has 10 nitrogen and oxygen atoms in total. The number of carbonyl (C=O) groups is 4. The molecule has 0 saturated carbocycles. The van der Waals surface area contributed by atoms with Gasteiger partial charge in [0.2, 0.25) is 0 Å². The Morgan fingerprint density at radius 1 is 0.365 bits per heavy atom. The van der Waals surface area contributed by atoms with Crippen LogP contribution in [0.2, 0.25) is 0 Å². The first-order valence-corrected chi connectivity index (χ1v) is 22.2. The van der Waals surface area contributed by atoms with E-state index in [0.29, 0.717) is 17.9 Å². The lowest BCUT2D eigenvalue weighted by molar-refractivity contribution is 0.0722. The van der Waals surface area contributed by atoms with Crippen LogP contribution in [-0.4, -0.2) is 30.5 Å². The van der Waals surface area contributed by atoms with Crippen LogP contribution in [0.25, 0.3) is 0 Å². The van der Waals surface area contributed by atoms with Crippen molar-refractivity contribution >= 4 is 23.9 Å². The summed E-state index contributed by atoms with van der Waals surface area (Å²) < 4.78 is 27.7. The van der Waals surface area contributed by atoms with Gasteiger partial charge in [-0.2, -0.15) is 5.26 Å². The average Bonchev–Trinajstić information content (AvgIpc) is 3.31. The van der Waals surface area contributed by atoms with Gasteiger partial charge >= 0.3 is 23.9 Å². The second-order valence-corrected chi connectivity index (χ2v) is 15.4. The molecule has 0 radical (unpaired) electrons. The molecule has 0 spiro atoms. The van der Waals surface area contributed by atoms with E-state index in [1.165, 1.54) is 187 Å². The summed E-state index contributed by atoms with van der Waals surface area (Å²) in [5.41, 5.74) is 1.40. The van der Waals surface area contributed by atoms with Crippen molar-refractivity contribution in [2.75, 3.05) is 6.61 Å². The molecule has 0 heterocycles. The zero-order valence-corrected chi connectivity index (χ0v) is 36.2. The fourth-order valence-corrected chi connectivity index (χ4v) is 6.77. The summed E-state index contributed by atoms with van der Waals surface area (Å²) in [5.74, 6) is -0.709. The monoisotopic (exact) mass is 851 g/mol. The van der Waals surface area contributed by atoms with Crippen LogP contribution in [-0.2, 0) is 0 Å². The zero-order valence-electron chi connectivity index (χ0n) is 36.2. The van der Waals surface area contributed by atoms with Crippen molar-refractivity contribution in [1.29, 1.82) is 5.26 Å². The van der Waals surface area contributed by atoms with Gasteiger partial charge in [0, 0.05) is 0 Å². The Morgan fingerprint density at radius 3 is 0.921 bits per heavy atom. The molecule has 63 heavy (non-hydrogen) atoms. The second kappa shape index (κ2) is 26.6. The van der Waals surface area contributed by atoms with E-state index >= 15 is 0 Å². The van der Waals surface area contributed by atoms with E-state index < -0.39 is 23.9 Å². The van der Waals surface area contributed by atoms with Crippen LogP contribution in [0.1, 0.15) is 157 Å². The fraction of sp³-hybridized carbons (Fsp3) is 0.340. The van der Waals surface area contributed by atoms with Crippen LogP contribution >= 0.6 is 0 Å². The third kappa shape index (κ3) is 16.9. The maximum atomic E-state index is 12.8. The highest BCUT2D eigenvalue weighted by Gasteiger charge is 2.15. The lowest BCUT2D eigenvalue weighted by Crippen LogP contribution is -2.11. The van der Waals surface area contributed by atoms with Crippen LogP contribution in [0.4, 0.5) is 0 Å². The van der Waals surface area contributed by atoms with Crippen molar-refractivity contribution in [3.05, 3.63) is 149 Å². The molecule has 328 valence electrons. The van der Waals surface area contributed by atoms with Gasteiger partial charge in [-0.05, 0) is 128 Å². The minimum absolute atomic E-state index is 0.198. The third-order valence-corrected chi connectivity index (χ3v) is 10.5. The van der Waals surface area contributed by atoms with Crippen LogP contribution in [0.5, 0.6) is 28.7 Å². The predicted molar refractivity (Wildman–Crippen MR) is 242 cm³/mol. The van der Waals surface area contributed by atoms with E-state index in [0.717, 1.165) is 18.6 Å². The first-order valence-electron chi connectivity index (χ1n) is 22.2. The highest BCUT2D eigenvalue weighted by molar-refractivity contribution is 5.94. The number of esters is 4. The summed E-state index contributed by atoms with van der Waals surface area (Å²) in [6.45, 7) is 2.92. The molecule has 0 atom stereocenters. The Bertz CT molecular complexity index is 2210. The molecule has 5 rings (SSSR count). The Kier molecular flexibility index (Phi) is 20.0. The van der Waals surface area contributed by atoms with Crippen LogP contribution in [0.15, 0.2) is 121 Å². The van der Waals surface area contributed by atoms with Gasteiger partial charge in [-0.15, -0.1) is 0 Å². The van der Waals surface area contributed by atoms with Crippen molar-refractivity contribution < 1.29 is 42.9 Å². The summed E-state index contributed by atoms with van der Waals surface area (Å²) in [4.78, 5) is 50.7. The Labute approximate surface area is 371 Å². The number of unbranched alkanes of at least 4 members (excludes halogenated alkanes) is 15. The molecule has 0 aliphatic carbocycles. The van der Waals surface area contributed by atoms with Crippen molar-refractivity contribution in [2.24, 2.45) is 0 Å². The first-order chi connectivity index (χ1) is 30.8. The lowest BCUT2D eigenvalue weighted by Gasteiger charge is -2.09. The number of nitriles is 1. The van der Waals surface area contributed by atoms with E-state index in [1.807, 2.05) is 6.07 Å². The predicted octanol–water partition coefficient (Wildman–Crippen LogP) is 13.1. The average molecular weight is 852 g/mol. The molecular weight excluding hydrogens is 795 g/mol. The third-order valence-electron chi connectivity index (χ3n) is 10.5. The van der Waals surface area contributed by atoms with Crippen molar-refractivity contribution in [1.82, 2.24) is 0 Å². The number of ether oxygens (including phenoxy) is 5. The van der Waals surface area contributed by atoms with Gasteiger partial charge in [-0.3, -0.25) is 0 Å². The molecule has 10 heteroatoms. The van der Waals surface area contributed by atoms with Crippen molar-refractivity contribution in [3.63, 3.8) is 0 Å². The normalized spacial score (nSPS) is 10.7. The largest absolute Gasteiger partial charge is 0.494 e. The number of nitrogens with zero attached hydrogens (tertiary/aromatic N) is 1. The van der Waals surface area contributed by atoms with Crippen molar-refractivity contribution in [3.8, 4) is 34.8 Å². The fourth-order valence-electron chi connectivity index (χ4n) is 6.77. The van der Waals surface area contributed by atoms with E-state index in [4.69, 9.17) is 28.9 Å². The SMILES string of the molecule is CCCCCCCCCCCCCCCCCCOc1ccc(OC(=O)c2ccc(OC(=O)c3ccc(OC(=O)c4ccc(OC(=O)c5ccc(C#N)cc5)cc4)cc3)cc2)cc1. The molecule has 0 aliphatic rings. The lowest BCUT2D eigenvalue weighted by atomic mass is 10.0. The molecule has 0 N–H and O–H groups in total. The number of hydrogen-bond acceptors (Lipinski definition) is 10. The Balaban J connectivity index is 0.934. The minimum atomic E-state index is -0.657. The Hall–Kier alpha value is -6.73. The van der Waals surface area contributed by atoms with Gasteiger partial charge in [0.15, 0.2) is 0 Å². The van der Waals surface area contributed by atoms with E-state index in [2.05, 4.69) is 6.92 Å². The van der Waals surface area contributed by atoms with Gasteiger partial charge in [-0.1, -0.05) is 103 Å². The minimum Gasteiger partial charge on any atom is -0.494 e. The smallest absolute Gasteiger partial charge is 0.343 e. The first kappa shape index (κ1) is 47.3. The van der Waals surface area contributed by atoms with Gasteiger partial charge in [0.05, 0.1) is 40.5 Å². The molecule has 0 bridgehead atoms. The molecule has 5 aromatic carbocycles. The molecule has 0 aromatic heterocycles. The van der Waals surface area contributed by atoms with Crippen molar-refractivity contribution in [2.45, 2.75) is 110 Å². The molecule has 0 unspecified atom stereocenters. The quantitative estimate of drug-likeness (QED) is 0.0300. The van der Waals surface area contributed by atoms with E-state index in [-0.39, 0.29) is 39.5 Å². The van der Waals surface area contributed by atoms with E-state index in [1.54, 1.807) is 24.3 Å². The van der Waals surface area contributed by atoms with E-state index in [9.17, 15) is 19.2 Å². The molecule has 0 aliphatic heterocycles. The Morgan fingerprint density at radius 2 is 0.619 bits per heavy atom. The molecule has 5 aromatic rings. The van der Waals surface area contributed by atoms with Gasteiger partial charge in [0.25, 0.3) is 0 Å². The highest BCUT2D eigenvalue weighted by atomic mass is 16.5. The summed E-state index contributed by atoms with van der Waals surface area (Å²) in [6.07, 6.45) is 21.3.